The van der Waals surface area contributed by atoms with Crippen LogP contribution in [0.3, 0.4) is 0 Å². The van der Waals surface area contributed by atoms with Crippen molar-refractivity contribution < 1.29 is 33.8 Å². The Morgan fingerprint density at radius 1 is 1.09 bits per heavy atom. The lowest BCUT2D eigenvalue weighted by Gasteiger charge is -2.12. The van der Waals surface area contributed by atoms with Crippen molar-refractivity contribution in [2.45, 2.75) is 6.92 Å². The number of Topliss-reactive ketones (excluding diaryl/α,β-unsaturated/α-hetero) is 1. The van der Waals surface area contributed by atoms with E-state index in [-0.39, 0.29) is 23.0 Å². The Kier molecular flexibility index (Phi) is 7.55. The van der Waals surface area contributed by atoms with Crippen LogP contribution in [0, 0.1) is 0 Å². The van der Waals surface area contributed by atoms with Gasteiger partial charge in [0.1, 0.15) is 0 Å². The smallest absolute Gasteiger partial charge is 0.341 e. The van der Waals surface area contributed by atoms with Gasteiger partial charge in [0.25, 0.3) is 11.1 Å². The number of hydrogen-bond donors (Lipinski definition) is 1. The van der Waals surface area contributed by atoms with Crippen molar-refractivity contribution >= 4 is 52.3 Å². The number of carboxylic acids is 1. The molecule has 2 aromatic rings. The molecule has 2 aromatic carbocycles. The maximum atomic E-state index is 12.7. The number of carbonyl (C=O) groups excluding carboxylic acids is 3. The van der Waals surface area contributed by atoms with Gasteiger partial charge in [0.15, 0.2) is 23.9 Å². The van der Waals surface area contributed by atoms with Gasteiger partial charge in [-0.2, -0.15) is 0 Å². The lowest BCUT2D eigenvalue weighted by atomic mass is 10.1. The number of hydrogen-bond acceptors (Lipinski definition) is 7. The molecule has 0 radical (unpaired) electrons. The monoisotopic (exact) mass is 475 g/mol. The van der Waals surface area contributed by atoms with Gasteiger partial charge in [-0.1, -0.05) is 17.7 Å². The van der Waals surface area contributed by atoms with Crippen molar-refractivity contribution in [3.63, 3.8) is 0 Å². The lowest BCUT2D eigenvalue weighted by molar-refractivity contribution is -0.139. The number of thioether (sulfide) groups is 1. The van der Waals surface area contributed by atoms with E-state index in [9.17, 15) is 19.2 Å². The molecule has 8 nitrogen and oxygen atoms in total. The van der Waals surface area contributed by atoms with Crippen LogP contribution < -0.4 is 9.47 Å². The molecule has 0 bridgehead atoms. The number of benzene rings is 2. The molecule has 0 saturated carbocycles. The van der Waals surface area contributed by atoms with E-state index < -0.39 is 23.7 Å². The Morgan fingerprint density at radius 3 is 2.47 bits per heavy atom. The highest BCUT2D eigenvalue weighted by Gasteiger charge is 2.36. The van der Waals surface area contributed by atoms with Gasteiger partial charge in [-0.3, -0.25) is 19.3 Å². The molecule has 0 spiro atoms. The van der Waals surface area contributed by atoms with E-state index in [1.165, 1.54) is 24.3 Å². The van der Waals surface area contributed by atoms with E-state index in [0.29, 0.717) is 28.5 Å². The number of carboxylic acid groups (broad SMARTS) is 1. The summed E-state index contributed by atoms with van der Waals surface area (Å²) >= 11 is 6.55. The minimum absolute atomic E-state index is 0.153. The molecule has 1 fully saturated rings. The third-order valence-electron chi connectivity index (χ3n) is 4.26. The van der Waals surface area contributed by atoms with E-state index in [0.717, 1.165) is 16.7 Å². The number of amides is 2. The van der Waals surface area contributed by atoms with Gasteiger partial charge in [-0.25, -0.2) is 4.79 Å². The van der Waals surface area contributed by atoms with Crippen molar-refractivity contribution in [1.29, 1.82) is 0 Å². The van der Waals surface area contributed by atoms with Crippen molar-refractivity contribution in [3.8, 4) is 11.5 Å². The summed E-state index contributed by atoms with van der Waals surface area (Å²) in [5.74, 6) is -1.54. The van der Waals surface area contributed by atoms with Crippen LogP contribution >= 0.6 is 23.4 Å². The number of halogens is 1. The molecule has 1 heterocycles. The first-order chi connectivity index (χ1) is 15.3. The Morgan fingerprint density at radius 2 is 1.81 bits per heavy atom. The van der Waals surface area contributed by atoms with Crippen LogP contribution in [-0.4, -0.2) is 52.7 Å². The molecule has 1 saturated heterocycles. The van der Waals surface area contributed by atoms with Crippen molar-refractivity contribution in [1.82, 2.24) is 4.90 Å². The highest BCUT2D eigenvalue weighted by atomic mass is 35.5. The maximum Gasteiger partial charge on any atom is 0.341 e. The van der Waals surface area contributed by atoms with Gasteiger partial charge in [-0.05, 0) is 66.7 Å². The van der Waals surface area contributed by atoms with Crippen LogP contribution in [0.4, 0.5) is 4.79 Å². The largest absolute Gasteiger partial charge is 0.490 e. The standard InChI is InChI=1S/C22H18ClNO7S/c1-2-30-18-9-13(3-8-17(18)31-12-20(26)27)10-19-21(28)24(22(29)32-19)11-16(25)14-4-6-15(23)7-5-14/h3-10H,2,11-12H2,1H3,(H,26,27)/b19-10+. The second-order valence-corrected chi connectivity index (χ2v) is 7.95. The molecule has 1 aliphatic rings. The Balaban J connectivity index is 1.77. The summed E-state index contributed by atoms with van der Waals surface area (Å²) in [6.07, 6.45) is 1.50. The third kappa shape index (κ3) is 5.68. The number of nitrogens with zero attached hydrogens (tertiary/aromatic N) is 1. The lowest BCUT2D eigenvalue weighted by Crippen LogP contribution is -2.33. The number of imide groups is 1. The normalized spacial score (nSPS) is 14.7. The Labute approximate surface area is 192 Å². The minimum atomic E-state index is -1.13. The average molecular weight is 476 g/mol. The summed E-state index contributed by atoms with van der Waals surface area (Å²) in [5, 5.41) is 8.71. The molecule has 1 N–H and O–H groups in total. The van der Waals surface area contributed by atoms with Crippen LogP contribution in [-0.2, 0) is 9.59 Å². The molecular weight excluding hydrogens is 458 g/mol. The fourth-order valence-electron chi connectivity index (χ4n) is 2.80. The molecule has 3 rings (SSSR count). The molecule has 2 amide bonds. The molecular formula is C22H18ClNO7S. The van der Waals surface area contributed by atoms with Crippen LogP contribution in [0.1, 0.15) is 22.8 Å². The third-order valence-corrected chi connectivity index (χ3v) is 5.42. The van der Waals surface area contributed by atoms with Crippen molar-refractivity contribution in [3.05, 3.63) is 63.5 Å². The molecule has 10 heteroatoms. The zero-order valence-corrected chi connectivity index (χ0v) is 18.4. The zero-order chi connectivity index (χ0) is 23.3. The van der Waals surface area contributed by atoms with Crippen LogP contribution in [0.15, 0.2) is 47.4 Å². The van der Waals surface area contributed by atoms with Crippen molar-refractivity contribution in [2.75, 3.05) is 19.8 Å². The van der Waals surface area contributed by atoms with E-state index in [2.05, 4.69) is 0 Å². The first-order valence-electron chi connectivity index (χ1n) is 9.44. The maximum absolute atomic E-state index is 12.7. The van der Waals surface area contributed by atoms with Crippen LogP contribution in [0.2, 0.25) is 5.02 Å². The average Bonchev–Trinajstić information content (AvgIpc) is 3.01. The fourth-order valence-corrected chi connectivity index (χ4v) is 3.76. The number of ether oxygens (including phenoxy) is 2. The first-order valence-corrected chi connectivity index (χ1v) is 10.6. The van der Waals surface area contributed by atoms with Gasteiger partial charge in [-0.15, -0.1) is 0 Å². The summed E-state index contributed by atoms with van der Waals surface area (Å²) in [6, 6.07) is 10.9. The Bertz CT molecular complexity index is 1100. The molecule has 166 valence electrons. The summed E-state index contributed by atoms with van der Waals surface area (Å²) in [7, 11) is 0. The number of rotatable bonds is 9. The topological polar surface area (TPSA) is 110 Å². The summed E-state index contributed by atoms with van der Waals surface area (Å²) in [6.45, 7) is 1.17. The highest BCUT2D eigenvalue weighted by molar-refractivity contribution is 8.18. The minimum Gasteiger partial charge on any atom is -0.490 e. The quantitative estimate of drug-likeness (QED) is 0.426. The first kappa shape index (κ1) is 23.4. The van der Waals surface area contributed by atoms with Crippen LogP contribution in [0.5, 0.6) is 11.5 Å². The van der Waals surface area contributed by atoms with E-state index in [1.54, 1.807) is 31.2 Å². The summed E-state index contributed by atoms with van der Waals surface area (Å²) < 4.78 is 10.7. The summed E-state index contributed by atoms with van der Waals surface area (Å²) in [4.78, 5) is 49.3. The van der Waals surface area contributed by atoms with Gasteiger partial charge in [0, 0.05) is 10.6 Å². The number of carbonyl (C=O) groups is 4. The SMILES string of the molecule is CCOc1cc(/C=C2/SC(=O)N(CC(=O)c3ccc(Cl)cc3)C2=O)ccc1OCC(=O)O. The second kappa shape index (κ2) is 10.3. The fraction of sp³-hybridized carbons (Fsp3) is 0.182. The molecule has 1 aliphatic heterocycles. The Hall–Kier alpha value is -3.30. The van der Waals surface area contributed by atoms with E-state index in [4.69, 9.17) is 26.2 Å². The molecule has 0 aromatic heterocycles. The molecule has 0 atom stereocenters. The van der Waals surface area contributed by atoms with Gasteiger partial charge >= 0.3 is 5.97 Å². The second-order valence-electron chi connectivity index (χ2n) is 6.52. The number of aliphatic carboxylic acids is 1. The molecule has 32 heavy (non-hydrogen) atoms. The van der Waals surface area contributed by atoms with Crippen LogP contribution in [0.25, 0.3) is 6.08 Å². The van der Waals surface area contributed by atoms with Gasteiger partial charge < -0.3 is 14.6 Å². The molecule has 0 aliphatic carbocycles. The highest BCUT2D eigenvalue weighted by Crippen LogP contribution is 2.34. The summed E-state index contributed by atoms with van der Waals surface area (Å²) in [5.41, 5.74) is 0.890. The van der Waals surface area contributed by atoms with Gasteiger partial charge in [0.05, 0.1) is 18.1 Å². The van der Waals surface area contributed by atoms with Crippen molar-refractivity contribution in [2.24, 2.45) is 0 Å². The van der Waals surface area contributed by atoms with Gasteiger partial charge in [0.2, 0.25) is 0 Å². The van der Waals surface area contributed by atoms with E-state index >= 15 is 0 Å². The zero-order valence-electron chi connectivity index (χ0n) is 16.9. The van der Waals surface area contributed by atoms with E-state index in [1.807, 2.05) is 0 Å². The number of ketones is 1. The predicted molar refractivity (Wildman–Crippen MR) is 119 cm³/mol. The molecule has 0 unspecified atom stereocenters. The predicted octanol–water partition coefficient (Wildman–Crippen LogP) is 4.12.